The number of likely N-dealkylation sites (tertiary alicyclic amines) is 1. The first-order chi connectivity index (χ1) is 17.3. The van der Waals surface area contributed by atoms with Crippen molar-refractivity contribution in [2.24, 2.45) is 5.41 Å². The molecular formula is C29H35N3O3S. The molecule has 0 aliphatic carbocycles. The fourth-order valence-corrected chi connectivity index (χ4v) is 6.36. The van der Waals surface area contributed by atoms with E-state index < -0.39 is 6.04 Å². The Morgan fingerprint density at radius 2 is 1.72 bits per heavy atom. The lowest BCUT2D eigenvalue weighted by atomic mass is 9.82. The van der Waals surface area contributed by atoms with E-state index in [4.69, 9.17) is 0 Å². The lowest BCUT2D eigenvalue weighted by Crippen LogP contribution is -2.52. The zero-order valence-corrected chi connectivity index (χ0v) is 22.0. The smallest absolute Gasteiger partial charge is 0.255 e. The topological polar surface area (TPSA) is 69.7 Å². The summed E-state index contributed by atoms with van der Waals surface area (Å²) in [6, 6.07) is 14.1. The number of carbonyl (C=O) groups excluding carboxylic acids is 3. The molecular weight excluding hydrogens is 470 g/mol. The third-order valence-corrected chi connectivity index (χ3v) is 9.05. The van der Waals surface area contributed by atoms with Gasteiger partial charge in [-0.1, -0.05) is 44.2 Å². The zero-order valence-electron chi connectivity index (χ0n) is 21.2. The second kappa shape index (κ2) is 10.4. The molecule has 3 aliphatic rings. The second-order valence-corrected chi connectivity index (χ2v) is 12.1. The van der Waals surface area contributed by atoms with Gasteiger partial charge >= 0.3 is 0 Å². The van der Waals surface area contributed by atoms with Gasteiger partial charge in [0.05, 0.1) is 0 Å². The van der Waals surface area contributed by atoms with Crippen LogP contribution >= 0.6 is 11.8 Å². The molecule has 7 heteroatoms. The molecule has 2 saturated heterocycles. The number of nitrogens with zero attached hydrogens (tertiary/aromatic N) is 2. The van der Waals surface area contributed by atoms with Gasteiger partial charge in [0, 0.05) is 35.7 Å². The van der Waals surface area contributed by atoms with Crippen LogP contribution in [0.2, 0.25) is 0 Å². The van der Waals surface area contributed by atoms with Gasteiger partial charge in [-0.2, -0.15) is 0 Å². The Morgan fingerprint density at radius 1 is 1.00 bits per heavy atom. The first-order valence-corrected chi connectivity index (χ1v) is 14.0. The Bertz CT molecular complexity index is 1150. The van der Waals surface area contributed by atoms with Crippen molar-refractivity contribution < 1.29 is 14.4 Å². The Kier molecular flexibility index (Phi) is 7.22. The maximum absolute atomic E-state index is 13.0. The van der Waals surface area contributed by atoms with Gasteiger partial charge in [-0.05, 0) is 73.0 Å². The third kappa shape index (κ3) is 5.52. The molecule has 0 saturated carbocycles. The number of benzene rings is 2. The number of imide groups is 1. The number of fused-ring (bicyclic) bond motifs is 1. The van der Waals surface area contributed by atoms with Gasteiger partial charge in [0.1, 0.15) is 6.04 Å². The van der Waals surface area contributed by atoms with Crippen LogP contribution in [-0.4, -0.2) is 53.2 Å². The van der Waals surface area contributed by atoms with Gasteiger partial charge in [-0.25, -0.2) is 0 Å². The standard InChI is InChI=1S/C29H35N3O3S/c1-29(2)13-16-31(17-14-29)15-12-20-6-8-21(9-7-20)19-36-25-5-3-4-22-23(25)18-32(28(22)35)24-10-11-26(33)30-27(24)34/h3-9,24H,10-19H2,1-2H3,(H,30,33,34). The number of hydrogen-bond donors (Lipinski definition) is 1. The maximum Gasteiger partial charge on any atom is 0.255 e. The number of hydrogen-bond acceptors (Lipinski definition) is 5. The number of piperidine rings is 2. The molecule has 0 bridgehead atoms. The van der Waals surface area contributed by atoms with Crippen LogP contribution in [0.15, 0.2) is 47.4 Å². The van der Waals surface area contributed by atoms with Crippen molar-refractivity contribution in [1.82, 2.24) is 15.1 Å². The number of thioether (sulfide) groups is 1. The first-order valence-electron chi connectivity index (χ1n) is 13.0. The highest BCUT2D eigenvalue weighted by molar-refractivity contribution is 7.98. The van der Waals surface area contributed by atoms with E-state index in [2.05, 4.69) is 54.4 Å². The van der Waals surface area contributed by atoms with Crippen molar-refractivity contribution in [3.05, 3.63) is 64.7 Å². The molecule has 2 aromatic rings. The van der Waals surface area contributed by atoms with Crippen LogP contribution in [0.1, 0.15) is 66.6 Å². The molecule has 3 heterocycles. The zero-order chi connectivity index (χ0) is 25.3. The quantitative estimate of drug-likeness (QED) is 0.446. The summed E-state index contributed by atoms with van der Waals surface area (Å²) in [5.41, 5.74) is 4.78. The van der Waals surface area contributed by atoms with Crippen LogP contribution in [0.25, 0.3) is 0 Å². The molecule has 190 valence electrons. The van der Waals surface area contributed by atoms with Gasteiger partial charge in [0.2, 0.25) is 11.8 Å². The summed E-state index contributed by atoms with van der Waals surface area (Å²) in [7, 11) is 0. The van der Waals surface area contributed by atoms with Crippen LogP contribution in [0.4, 0.5) is 0 Å². The van der Waals surface area contributed by atoms with E-state index in [-0.39, 0.29) is 24.1 Å². The Hall–Kier alpha value is -2.64. The van der Waals surface area contributed by atoms with Crippen molar-refractivity contribution in [2.75, 3.05) is 19.6 Å². The molecule has 0 aromatic heterocycles. The Balaban J connectivity index is 1.16. The Labute approximate surface area is 217 Å². The number of nitrogens with one attached hydrogen (secondary N) is 1. The van der Waals surface area contributed by atoms with Crippen molar-refractivity contribution in [3.8, 4) is 0 Å². The largest absolute Gasteiger partial charge is 0.322 e. The normalized spacial score (nSPS) is 22.0. The predicted molar refractivity (Wildman–Crippen MR) is 142 cm³/mol. The van der Waals surface area contributed by atoms with Crippen molar-refractivity contribution in [3.63, 3.8) is 0 Å². The molecule has 0 radical (unpaired) electrons. The van der Waals surface area contributed by atoms with E-state index in [1.807, 2.05) is 12.1 Å². The van der Waals surface area contributed by atoms with E-state index in [1.54, 1.807) is 16.7 Å². The molecule has 6 nitrogen and oxygen atoms in total. The van der Waals surface area contributed by atoms with Crippen molar-refractivity contribution in [1.29, 1.82) is 0 Å². The van der Waals surface area contributed by atoms with E-state index in [9.17, 15) is 14.4 Å². The fourth-order valence-electron chi connectivity index (χ4n) is 5.32. The minimum absolute atomic E-state index is 0.122. The van der Waals surface area contributed by atoms with Gasteiger partial charge in [0.15, 0.2) is 0 Å². The third-order valence-electron chi connectivity index (χ3n) is 7.88. The number of amides is 3. The summed E-state index contributed by atoms with van der Waals surface area (Å²) >= 11 is 1.73. The predicted octanol–water partition coefficient (Wildman–Crippen LogP) is 4.40. The molecule has 2 aromatic carbocycles. The molecule has 1 unspecified atom stereocenters. The summed E-state index contributed by atoms with van der Waals surface area (Å²) < 4.78 is 0. The Morgan fingerprint density at radius 3 is 2.44 bits per heavy atom. The molecule has 5 rings (SSSR count). The highest BCUT2D eigenvalue weighted by atomic mass is 32.2. The van der Waals surface area contributed by atoms with E-state index in [1.165, 1.54) is 37.1 Å². The second-order valence-electron chi connectivity index (χ2n) is 11.0. The average Bonchev–Trinajstić information content (AvgIpc) is 3.19. The summed E-state index contributed by atoms with van der Waals surface area (Å²) in [5.74, 6) is 0.0671. The lowest BCUT2D eigenvalue weighted by Gasteiger charge is -2.36. The monoisotopic (exact) mass is 505 g/mol. The van der Waals surface area contributed by atoms with Gasteiger partial charge in [-0.15, -0.1) is 11.8 Å². The van der Waals surface area contributed by atoms with Crippen LogP contribution in [0.5, 0.6) is 0 Å². The van der Waals surface area contributed by atoms with Crippen molar-refractivity contribution >= 4 is 29.5 Å². The summed E-state index contributed by atoms with van der Waals surface area (Å²) in [5, 5.41) is 2.37. The van der Waals surface area contributed by atoms with Gasteiger partial charge in [-0.3, -0.25) is 19.7 Å². The van der Waals surface area contributed by atoms with E-state index >= 15 is 0 Å². The van der Waals surface area contributed by atoms with Crippen LogP contribution in [-0.2, 0) is 28.3 Å². The molecule has 1 N–H and O–H groups in total. The highest BCUT2D eigenvalue weighted by Gasteiger charge is 2.39. The minimum Gasteiger partial charge on any atom is -0.322 e. The number of rotatable bonds is 7. The van der Waals surface area contributed by atoms with Crippen molar-refractivity contribution in [2.45, 2.75) is 69.2 Å². The van der Waals surface area contributed by atoms with Gasteiger partial charge < -0.3 is 9.80 Å². The van der Waals surface area contributed by atoms with Gasteiger partial charge in [0.25, 0.3) is 5.91 Å². The van der Waals surface area contributed by atoms with Crippen LogP contribution in [0.3, 0.4) is 0 Å². The van der Waals surface area contributed by atoms with Crippen LogP contribution < -0.4 is 5.32 Å². The van der Waals surface area contributed by atoms with E-state index in [0.717, 1.165) is 29.2 Å². The SMILES string of the molecule is CC1(C)CCN(CCc2ccc(CSc3cccc4c3CN(C3CCC(=O)NC3=O)C4=O)cc2)CC1. The number of carbonyl (C=O) groups is 3. The average molecular weight is 506 g/mol. The van der Waals surface area contributed by atoms with Crippen LogP contribution in [0, 0.1) is 5.41 Å². The molecule has 1 atom stereocenters. The molecule has 0 spiro atoms. The highest BCUT2D eigenvalue weighted by Crippen LogP contribution is 2.35. The maximum atomic E-state index is 13.0. The summed E-state index contributed by atoms with van der Waals surface area (Å²) in [4.78, 5) is 42.2. The first kappa shape index (κ1) is 25.0. The fraction of sp³-hybridized carbons (Fsp3) is 0.483. The lowest BCUT2D eigenvalue weighted by molar-refractivity contribution is -0.136. The molecule has 2 fully saturated rings. The van der Waals surface area contributed by atoms with E-state index in [0.29, 0.717) is 23.9 Å². The molecule has 3 aliphatic heterocycles. The summed E-state index contributed by atoms with van der Waals surface area (Å²) in [6.07, 6.45) is 4.30. The summed E-state index contributed by atoms with van der Waals surface area (Å²) in [6.45, 7) is 8.68. The minimum atomic E-state index is -0.579. The molecule has 3 amide bonds. The molecule has 36 heavy (non-hydrogen) atoms.